The highest BCUT2D eigenvalue weighted by Gasteiger charge is 2.32. The van der Waals surface area contributed by atoms with E-state index in [9.17, 15) is 8.42 Å². The topological polar surface area (TPSA) is 87.2 Å². The Kier molecular flexibility index (Phi) is 3.15. The molecule has 1 aromatic carbocycles. The van der Waals surface area contributed by atoms with Gasteiger partial charge in [-0.3, -0.25) is 0 Å². The number of nitriles is 1. The Bertz CT molecular complexity index is 562. The molecule has 0 bridgehead atoms. The quantitative estimate of drug-likeness (QED) is 0.817. The number of rotatable bonds is 2. The number of hydrogen-bond donors (Lipinski definition) is 1. The van der Waals surface area contributed by atoms with Gasteiger partial charge in [0.1, 0.15) is 6.07 Å². The fourth-order valence-electron chi connectivity index (χ4n) is 1.90. The van der Waals surface area contributed by atoms with Gasteiger partial charge in [-0.05, 0) is 18.6 Å². The second-order valence-corrected chi connectivity index (χ2v) is 5.93. The predicted molar refractivity (Wildman–Crippen MR) is 62.5 cm³/mol. The van der Waals surface area contributed by atoms with E-state index in [1.165, 1.54) is 16.4 Å². The molecule has 90 valence electrons. The first-order valence-electron chi connectivity index (χ1n) is 5.30. The van der Waals surface area contributed by atoms with Gasteiger partial charge in [-0.25, -0.2) is 8.42 Å². The fourth-order valence-corrected chi connectivity index (χ4v) is 3.55. The number of hydrogen-bond acceptors (Lipinski definition) is 4. The SMILES string of the molecule is N#Cc1ccccc1S(=O)(=O)N1CCC(N)C1. The molecule has 0 aromatic heterocycles. The molecule has 17 heavy (non-hydrogen) atoms. The lowest BCUT2D eigenvalue weighted by atomic mass is 10.2. The molecule has 1 heterocycles. The molecule has 1 atom stereocenters. The van der Waals surface area contributed by atoms with Crippen molar-refractivity contribution in [2.24, 2.45) is 5.73 Å². The lowest BCUT2D eigenvalue weighted by molar-refractivity contribution is 0.472. The zero-order chi connectivity index (χ0) is 12.5. The molecule has 1 aromatic rings. The van der Waals surface area contributed by atoms with Gasteiger partial charge in [-0.2, -0.15) is 9.57 Å². The van der Waals surface area contributed by atoms with E-state index in [2.05, 4.69) is 0 Å². The fraction of sp³-hybridized carbons (Fsp3) is 0.364. The molecule has 1 aliphatic heterocycles. The highest BCUT2D eigenvalue weighted by molar-refractivity contribution is 7.89. The van der Waals surface area contributed by atoms with Crippen molar-refractivity contribution >= 4 is 10.0 Å². The molecular weight excluding hydrogens is 238 g/mol. The van der Waals surface area contributed by atoms with Crippen molar-refractivity contribution in [3.63, 3.8) is 0 Å². The number of nitrogens with two attached hydrogens (primary N) is 1. The van der Waals surface area contributed by atoms with Crippen LogP contribution in [0.4, 0.5) is 0 Å². The third-order valence-electron chi connectivity index (χ3n) is 2.81. The van der Waals surface area contributed by atoms with Crippen molar-refractivity contribution in [1.29, 1.82) is 5.26 Å². The van der Waals surface area contributed by atoms with E-state index in [0.29, 0.717) is 19.5 Å². The van der Waals surface area contributed by atoms with E-state index in [1.807, 2.05) is 6.07 Å². The maximum Gasteiger partial charge on any atom is 0.244 e. The van der Waals surface area contributed by atoms with Crippen molar-refractivity contribution in [2.75, 3.05) is 13.1 Å². The summed E-state index contributed by atoms with van der Waals surface area (Å²) in [5.74, 6) is 0. The first kappa shape index (κ1) is 12.0. The monoisotopic (exact) mass is 251 g/mol. The molecule has 0 spiro atoms. The molecule has 1 unspecified atom stereocenters. The molecule has 6 heteroatoms. The second-order valence-electron chi connectivity index (χ2n) is 4.02. The predicted octanol–water partition coefficient (Wildman–Crippen LogP) is 0.280. The maximum absolute atomic E-state index is 12.3. The highest BCUT2D eigenvalue weighted by Crippen LogP contribution is 2.22. The second kappa shape index (κ2) is 4.45. The average molecular weight is 251 g/mol. The van der Waals surface area contributed by atoms with E-state index in [-0.39, 0.29) is 16.5 Å². The van der Waals surface area contributed by atoms with E-state index >= 15 is 0 Å². The van der Waals surface area contributed by atoms with Gasteiger partial charge in [0.25, 0.3) is 0 Å². The first-order valence-corrected chi connectivity index (χ1v) is 6.74. The normalized spacial score (nSPS) is 21.3. The van der Waals surface area contributed by atoms with Gasteiger partial charge in [0.05, 0.1) is 10.5 Å². The minimum Gasteiger partial charge on any atom is -0.326 e. The van der Waals surface area contributed by atoms with Crippen molar-refractivity contribution < 1.29 is 8.42 Å². The van der Waals surface area contributed by atoms with Crippen LogP contribution in [0.25, 0.3) is 0 Å². The van der Waals surface area contributed by atoms with Gasteiger partial charge >= 0.3 is 0 Å². The van der Waals surface area contributed by atoms with E-state index < -0.39 is 10.0 Å². The summed E-state index contributed by atoms with van der Waals surface area (Å²) in [5, 5.41) is 8.92. The summed E-state index contributed by atoms with van der Waals surface area (Å²) in [7, 11) is -3.58. The highest BCUT2D eigenvalue weighted by atomic mass is 32.2. The minimum atomic E-state index is -3.58. The van der Waals surface area contributed by atoms with Crippen LogP contribution in [-0.4, -0.2) is 31.9 Å². The zero-order valence-electron chi connectivity index (χ0n) is 9.20. The van der Waals surface area contributed by atoms with E-state index in [1.54, 1.807) is 12.1 Å². The molecule has 0 amide bonds. The molecule has 5 nitrogen and oxygen atoms in total. The summed E-state index contributed by atoms with van der Waals surface area (Å²) in [6, 6.07) is 8.01. The van der Waals surface area contributed by atoms with E-state index in [4.69, 9.17) is 11.0 Å². The van der Waals surface area contributed by atoms with Crippen LogP contribution in [0.1, 0.15) is 12.0 Å². The Hall–Kier alpha value is -1.42. The molecule has 1 fully saturated rings. The lowest BCUT2D eigenvalue weighted by Crippen LogP contribution is -2.32. The Morgan fingerprint density at radius 3 is 2.71 bits per heavy atom. The molecule has 0 aliphatic carbocycles. The zero-order valence-corrected chi connectivity index (χ0v) is 10.0. The average Bonchev–Trinajstić information content (AvgIpc) is 2.76. The minimum absolute atomic E-state index is 0.0663. The third kappa shape index (κ3) is 2.17. The van der Waals surface area contributed by atoms with Crippen LogP contribution in [0.15, 0.2) is 29.2 Å². The van der Waals surface area contributed by atoms with Gasteiger partial charge in [0.2, 0.25) is 10.0 Å². The van der Waals surface area contributed by atoms with Crippen LogP contribution in [0.5, 0.6) is 0 Å². The smallest absolute Gasteiger partial charge is 0.244 e. The van der Waals surface area contributed by atoms with Gasteiger partial charge in [-0.1, -0.05) is 12.1 Å². The summed E-state index contributed by atoms with van der Waals surface area (Å²) < 4.78 is 25.9. The summed E-state index contributed by atoms with van der Waals surface area (Å²) >= 11 is 0. The Morgan fingerprint density at radius 2 is 2.12 bits per heavy atom. The largest absolute Gasteiger partial charge is 0.326 e. The summed E-state index contributed by atoms with van der Waals surface area (Å²) in [5.41, 5.74) is 5.87. The molecule has 1 aliphatic rings. The standard InChI is InChI=1S/C11H13N3O2S/c12-7-9-3-1-2-4-11(9)17(15,16)14-6-5-10(13)8-14/h1-4,10H,5-6,8,13H2. The molecular formula is C11H13N3O2S. The van der Waals surface area contributed by atoms with Crippen molar-refractivity contribution in [3.05, 3.63) is 29.8 Å². The van der Waals surface area contributed by atoms with Crippen LogP contribution >= 0.6 is 0 Å². The Balaban J connectivity index is 2.42. The van der Waals surface area contributed by atoms with Crippen molar-refractivity contribution in [1.82, 2.24) is 4.31 Å². The lowest BCUT2D eigenvalue weighted by Gasteiger charge is -2.16. The summed E-state index contributed by atoms with van der Waals surface area (Å²) in [4.78, 5) is 0.0663. The van der Waals surface area contributed by atoms with Gasteiger partial charge in [0.15, 0.2) is 0 Å². The maximum atomic E-state index is 12.3. The molecule has 1 saturated heterocycles. The van der Waals surface area contributed by atoms with Crippen LogP contribution in [0, 0.1) is 11.3 Å². The summed E-state index contributed by atoms with van der Waals surface area (Å²) in [6.07, 6.45) is 0.661. The number of sulfonamides is 1. The van der Waals surface area contributed by atoms with Crippen LogP contribution in [0.2, 0.25) is 0 Å². The molecule has 0 saturated carbocycles. The van der Waals surface area contributed by atoms with Crippen molar-refractivity contribution in [3.8, 4) is 6.07 Å². The number of benzene rings is 1. The Morgan fingerprint density at radius 1 is 1.41 bits per heavy atom. The van der Waals surface area contributed by atoms with Gasteiger partial charge in [0, 0.05) is 19.1 Å². The molecule has 2 rings (SSSR count). The van der Waals surface area contributed by atoms with Gasteiger partial charge in [-0.15, -0.1) is 0 Å². The molecule has 2 N–H and O–H groups in total. The first-order chi connectivity index (χ1) is 8.05. The van der Waals surface area contributed by atoms with Crippen molar-refractivity contribution in [2.45, 2.75) is 17.4 Å². The number of nitrogens with zero attached hydrogens (tertiary/aromatic N) is 2. The van der Waals surface area contributed by atoms with Crippen LogP contribution in [0.3, 0.4) is 0 Å². The third-order valence-corrected chi connectivity index (χ3v) is 4.74. The summed E-state index contributed by atoms with van der Waals surface area (Å²) in [6.45, 7) is 0.741. The Labute approximate surface area is 101 Å². The molecule has 0 radical (unpaired) electrons. The van der Waals surface area contributed by atoms with Crippen LogP contribution in [-0.2, 0) is 10.0 Å². The van der Waals surface area contributed by atoms with Crippen LogP contribution < -0.4 is 5.73 Å². The van der Waals surface area contributed by atoms with E-state index in [0.717, 1.165) is 0 Å². The van der Waals surface area contributed by atoms with Gasteiger partial charge < -0.3 is 5.73 Å².